The standard InChI is InChI=1S/121Y. The van der Waals surface area contributed by atoms with Crippen molar-refractivity contribution in [3.63, 3.8) is 0 Å². The summed E-state index contributed by atoms with van der Waals surface area (Å²) in [7, 11) is 0. The maximum atomic E-state index is 0. The normalized spacial score (nSPS) is 0. The molecule has 121 heavy (non-hydrogen) atoms. The van der Waals surface area contributed by atoms with Crippen LogP contribution in [0, 0.1) is 0 Å². The molecule has 0 atom stereocenters. The van der Waals surface area contributed by atoms with Gasteiger partial charge in [0.2, 0.25) is 0 Å². The van der Waals surface area contributed by atoms with Gasteiger partial charge in [0, 0.05) is 3960 Å². The Bertz CT molecular complexity index is 0. The summed E-state index contributed by atoms with van der Waals surface area (Å²) in [6, 6.07) is 0. The predicted octanol–water partition coefficient (Wildman–Crippen LogP) is -0.303. The average molecular weight is 10800 g/mol. The molecule has 0 aliphatic heterocycles. The molecule has 121 heteroatoms. The molecule has 0 bridgehead atoms. The van der Waals surface area contributed by atoms with E-state index in [1.54, 1.807) is 0 Å². The zero-order valence-corrected chi connectivity index (χ0v) is 413. The molecule has 0 fully saturated rings. The largest absolute Gasteiger partial charge is 0 e. The van der Waals surface area contributed by atoms with Gasteiger partial charge in [-0.3, -0.25) is 0 Å². The maximum Gasteiger partial charge on any atom is 0 e. The van der Waals surface area contributed by atoms with E-state index >= 15 is 0 Å². The fourth-order valence-corrected chi connectivity index (χ4v) is 0. The second kappa shape index (κ2) is 907. The summed E-state index contributed by atoms with van der Waals surface area (Å²) in [6.45, 7) is 0. The Morgan fingerprint density at radius 2 is 0.00826 bits per heavy atom. The van der Waals surface area contributed by atoms with Crippen molar-refractivity contribution in [1.82, 2.24) is 0 Å². The van der Waals surface area contributed by atoms with Crippen molar-refractivity contribution in [2.24, 2.45) is 0 Å². The zero-order valence-electron chi connectivity index (χ0n) is 69.9. The smallest absolute Gasteiger partial charge is 0 e. The minimum atomic E-state index is 0. The predicted molar refractivity (Wildman–Crippen MR) is 0 cm³/mol. The van der Waals surface area contributed by atoms with E-state index < -0.39 is 0 Å². The van der Waals surface area contributed by atoms with Crippen molar-refractivity contribution in [1.29, 1.82) is 0 Å². The van der Waals surface area contributed by atoms with Crippen LogP contribution in [0.4, 0.5) is 0 Å². The molecule has 0 unspecified atom stereocenters. The molecule has 0 aromatic heterocycles. The molecular formula is Y121. The molecule has 0 nitrogen and oxygen atoms in total. The average Bonchev–Trinajstić information content (AvgIpc) is 0. The number of rotatable bonds is 0. The van der Waals surface area contributed by atoms with E-state index in [1.165, 1.54) is 0 Å². The fourth-order valence-electron chi connectivity index (χ4n) is 0. The van der Waals surface area contributed by atoms with Gasteiger partial charge in [0.1, 0.15) is 0 Å². The van der Waals surface area contributed by atoms with Crippen LogP contribution in [-0.4, -0.2) is 0 Å². The molecular weight excluding hydrogens is 10800 g/mol. The minimum absolute atomic E-state index is 0. The van der Waals surface area contributed by atoms with Gasteiger partial charge in [-0.2, -0.15) is 0 Å². The van der Waals surface area contributed by atoms with Gasteiger partial charge < -0.3 is 0 Å². The zero-order chi connectivity index (χ0) is 0. The van der Waals surface area contributed by atoms with Crippen molar-refractivity contribution < 1.29 is 3960 Å². The van der Waals surface area contributed by atoms with Crippen molar-refractivity contribution in [2.45, 2.75) is 0 Å². The second-order valence-corrected chi connectivity index (χ2v) is 0. The van der Waals surface area contributed by atoms with Crippen LogP contribution in [0.25, 0.3) is 0 Å². The van der Waals surface area contributed by atoms with Crippen molar-refractivity contribution in [3.05, 3.63) is 0 Å². The Balaban J connectivity index is 0. The van der Waals surface area contributed by atoms with Gasteiger partial charge in [0.15, 0.2) is 0 Å². The Morgan fingerprint density at radius 3 is 0.00826 bits per heavy atom. The number of hydrogen-bond acceptors (Lipinski definition) is 0. The van der Waals surface area contributed by atoms with E-state index in [1.807, 2.05) is 0 Å². The first kappa shape index (κ1) is 917. The summed E-state index contributed by atoms with van der Waals surface area (Å²) in [5, 5.41) is 0. The van der Waals surface area contributed by atoms with Crippen LogP contribution in [0.5, 0.6) is 0 Å². The van der Waals surface area contributed by atoms with Gasteiger partial charge in [-0.15, -0.1) is 0 Å². The first-order valence-electron chi connectivity index (χ1n) is 0. The van der Waals surface area contributed by atoms with Crippen LogP contribution in [0.1, 0.15) is 0 Å². The van der Waals surface area contributed by atoms with E-state index in [0.717, 1.165) is 0 Å². The first-order valence-corrected chi connectivity index (χ1v) is 0. The van der Waals surface area contributed by atoms with Gasteiger partial charge in [0.25, 0.3) is 0 Å². The third-order valence-corrected chi connectivity index (χ3v) is 0. The molecule has 0 aromatic carbocycles. The molecule has 363 valence electrons. The van der Waals surface area contributed by atoms with Gasteiger partial charge in [-0.05, 0) is 0 Å². The quantitative estimate of drug-likeness (QED) is 0.313. The van der Waals surface area contributed by atoms with Crippen LogP contribution in [-0.2, 0) is 3960 Å². The Kier molecular flexibility index (Phi) is 6870. The molecule has 0 spiro atoms. The third kappa shape index (κ3) is 899. The summed E-state index contributed by atoms with van der Waals surface area (Å²) < 4.78 is 0. The molecule has 0 amide bonds. The Morgan fingerprint density at radius 1 is 0.00826 bits per heavy atom. The molecule has 0 aliphatic rings. The van der Waals surface area contributed by atoms with Crippen molar-refractivity contribution >= 4 is 0 Å². The summed E-state index contributed by atoms with van der Waals surface area (Å²) in [4.78, 5) is 0. The summed E-state index contributed by atoms with van der Waals surface area (Å²) >= 11 is 0. The monoisotopic (exact) mass is 10800 g/mol. The molecule has 0 aromatic rings. The second-order valence-electron chi connectivity index (χ2n) is 0. The molecule has 0 N–H and O–H groups in total. The molecule has 0 rings (SSSR count). The molecule has 0 aliphatic carbocycles. The van der Waals surface area contributed by atoms with Crippen molar-refractivity contribution in [2.75, 3.05) is 0 Å². The van der Waals surface area contributed by atoms with Gasteiger partial charge in [-0.1, -0.05) is 0 Å². The Hall–Kier alpha value is 134. The van der Waals surface area contributed by atoms with E-state index in [0.29, 0.717) is 0 Å². The van der Waals surface area contributed by atoms with Gasteiger partial charge in [0.05, 0.1) is 0 Å². The molecule has 0 saturated carbocycles. The van der Waals surface area contributed by atoms with Gasteiger partial charge >= 0.3 is 0 Å². The summed E-state index contributed by atoms with van der Waals surface area (Å²) in [5.74, 6) is 0. The van der Waals surface area contributed by atoms with Crippen LogP contribution < -0.4 is 0 Å². The van der Waals surface area contributed by atoms with Crippen LogP contribution in [0.2, 0.25) is 0 Å². The maximum absolute atomic E-state index is 0. The van der Waals surface area contributed by atoms with E-state index in [2.05, 4.69) is 0 Å². The summed E-state index contributed by atoms with van der Waals surface area (Å²) in [5.41, 5.74) is 0. The number of hydrogen-bond donors (Lipinski definition) is 0. The Labute approximate surface area is 3800 Å². The third-order valence-electron chi connectivity index (χ3n) is 0. The minimum Gasteiger partial charge on any atom is 0 e. The van der Waals surface area contributed by atoms with E-state index in [-0.39, 0.29) is 3960 Å². The topological polar surface area (TPSA) is 0 Å². The van der Waals surface area contributed by atoms with Crippen LogP contribution in [0.3, 0.4) is 0 Å². The SMILES string of the molecule is [Y].[Y].[Y].[Y].[Y].[Y].[Y].[Y].[Y].[Y].[Y].[Y].[Y].[Y].[Y].[Y].[Y].[Y].[Y].[Y].[Y].[Y].[Y].[Y].[Y].[Y].[Y].[Y].[Y].[Y].[Y].[Y].[Y].[Y].[Y].[Y].[Y].[Y].[Y].[Y].[Y].[Y].[Y].[Y].[Y].[Y].[Y].[Y].[Y].[Y].[Y].[Y].[Y].[Y].[Y].[Y].[Y].[Y].[Y].[Y].[Y].[Y].[Y].[Y].[Y].[Y].[Y].[Y].[Y].[Y].[Y].[Y].[Y].[Y].[Y].[Y].[Y].[Y].[Y].[Y].[Y].[Y].[Y].[Y].[Y].[Y].[Y].[Y].[Y].[Y].[Y].[Y].[Y].[Y].[Y].[Y].[Y].[Y].[Y].[Y].[Y].[Y].[Y].[Y].[Y].[Y].[Y].[Y].[Y].[Y].[Y].[Y].[Y].[Y].[Y].[Y].[Y].[Y].[Y].[Y].[Y]. The van der Waals surface area contributed by atoms with Crippen LogP contribution >= 0.6 is 0 Å². The van der Waals surface area contributed by atoms with E-state index in [9.17, 15) is 0 Å². The van der Waals surface area contributed by atoms with Crippen molar-refractivity contribution in [3.8, 4) is 0 Å². The molecule has 0 saturated heterocycles. The first-order chi connectivity index (χ1) is 0. The van der Waals surface area contributed by atoms with Crippen LogP contribution in [0.15, 0.2) is 0 Å². The molecule has 0 heterocycles. The summed E-state index contributed by atoms with van der Waals surface area (Å²) in [6.07, 6.45) is 0. The molecule has 121 radical (unpaired) electrons. The van der Waals surface area contributed by atoms with Gasteiger partial charge in [-0.25, -0.2) is 0 Å². The fraction of sp³-hybridized carbons (Fsp3) is 0. The van der Waals surface area contributed by atoms with E-state index in [4.69, 9.17) is 0 Å².